The Kier molecular flexibility index (Phi) is 4.94. The van der Waals surface area contributed by atoms with Gasteiger partial charge in [-0.3, -0.25) is 0 Å². The molecule has 0 heterocycles. The molecule has 0 saturated carbocycles. The molecule has 2 N–H and O–H groups in total. The number of hydrogen-bond donors (Lipinski definition) is 1. The predicted octanol–water partition coefficient (Wildman–Crippen LogP) is 0.674. The highest BCUT2D eigenvalue weighted by Crippen LogP contribution is 2.25. The van der Waals surface area contributed by atoms with Crippen LogP contribution in [0.2, 0.25) is 0 Å². The maximum atomic E-state index is 11.8. The highest BCUT2D eigenvalue weighted by Gasteiger charge is 2.49. The average Bonchev–Trinajstić information content (AvgIpc) is 2.11. The third-order valence-electron chi connectivity index (χ3n) is 1.41. The van der Waals surface area contributed by atoms with E-state index >= 15 is 0 Å². The van der Waals surface area contributed by atoms with Crippen molar-refractivity contribution in [2.75, 3.05) is 6.54 Å². The minimum absolute atomic E-state index is 0.177. The van der Waals surface area contributed by atoms with Crippen LogP contribution in [0.5, 0.6) is 0 Å². The summed E-state index contributed by atoms with van der Waals surface area (Å²) in [6.07, 6.45) is 1.42. The average molecular weight is 261 g/mol. The lowest BCUT2D eigenvalue weighted by Gasteiger charge is -2.07. The van der Waals surface area contributed by atoms with E-state index in [4.69, 9.17) is 5.73 Å². The van der Waals surface area contributed by atoms with Gasteiger partial charge in [-0.1, -0.05) is 6.08 Å². The second-order valence-corrected chi connectivity index (χ2v) is 4.27. The summed E-state index contributed by atoms with van der Waals surface area (Å²) in [6, 6.07) is 0. The fraction of sp³-hybridized carbons (Fsp3) is 0.571. The third-order valence-corrected chi connectivity index (χ3v) is 2.35. The van der Waals surface area contributed by atoms with E-state index in [2.05, 4.69) is 4.18 Å². The molecule has 0 aliphatic heterocycles. The van der Waals surface area contributed by atoms with E-state index in [1.54, 1.807) is 0 Å². The van der Waals surface area contributed by atoms with Crippen molar-refractivity contribution in [2.45, 2.75) is 18.9 Å². The smallest absolute Gasteiger partial charge is 0.335 e. The van der Waals surface area contributed by atoms with E-state index in [1.165, 1.54) is 6.08 Å². The van der Waals surface area contributed by atoms with Crippen LogP contribution < -0.4 is 5.73 Å². The van der Waals surface area contributed by atoms with Gasteiger partial charge in [0.2, 0.25) is 0 Å². The predicted molar refractivity (Wildman–Crippen MR) is 48.5 cm³/mol. The Labute approximate surface area is 90.2 Å². The zero-order chi connectivity index (χ0) is 13.0. The summed E-state index contributed by atoms with van der Waals surface area (Å²) in [7, 11) is -5.89. The molecule has 0 aromatic carbocycles. The number of carbonyl (C=O) groups is 1. The molecule has 0 saturated heterocycles. The van der Waals surface area contributed by atoms with Crippen molar-refractivity contribution in [3.8, 4) is 0 Å². The quantitative estimate of drug-likeness (QED) is 0.456. The minimum Gasteiger partial charge on any atom is -0.335 e. The monoisotopic (exact) mass is 261 g/mol. The molecule has 0 bridgehead atoms. The van der Waals surface area contributed by atoms with Crippen molar-refractivity contribution in [3.63, 3.8) is 0 Å². The zero-order valence-electron chi connectivity index (χ0n) is 8.24. The third kappa shape index (κ3) is 4.19. The van der Waals surface area contributed by atoms with Gasteiger partial charge in [0.05, 0.1) is 0 Å². The molecule has 0 aliphatic rings. The number of nitrogens with two attached hydrogens (primary N) is 1. The van der Waals surface area contributed by atoms with Gasteiger partial charge in [0.1, 0.15) is 0 Å². The lowest BCUT2D eigenvalue weighted by atomic mass is 10.2. The Morgan fingerprint density at radius 2 is 1.94 bits per heavy atom. The molecule has 0 amide bonds. The van der Waals surface area contributed by atoms with E-state index in [-0.39, 0.29) is 18.5 Å². The number of carbonyl (C=O) groups excluding carboxylic acids is 1. The summed E-state index contributed by atoms with van der Waals surface area (Å²) in [5.74, 6) is -1.56. The second kappa shape index (κ2) is 5.30. The molecule has 0 spiro atoms. The summed E-state index contributed by atoms with van der Waals surface area (Å²) in [4.78, 5) is 10.9. The van der Waals surface area contributed by atoms with Gasteiger partial charge in [-0.15, -0.1) is 0 Å². The molecule has 0 atom stereocenters. The van der Waals surface area contributed by atoms with Crippen LogP contribution >= 0.6 is 0 Å². The first-order valence-electron chi connectivity index (χ1n) is 4.03. The number of halogens is 3. The highest BCUT2D eigenvalue weighted by molar-refractivity contribution is 7.88. The second-order valence-electron chi connectivity index (χ2n) is 2.74. The summed E-state index contributed by atoms with van der Waals surface area (Å²) >= 11 is 0. The first-order valence-corrected chi connectivity index (χ1v) is 5.44. The first-order chi connectivity index (χ1) is 7.12. The molecule has 0 unspecified atom stereocenters. The normalized spacial score (nSPS) is 13.7. The molecule has 0 fully saturated rings. The van der Waals surface area contributed by atoms with Gasteiger partial charge in [0.25, 0.3) is 0 Å². The van der Waals surface area contributed by atoms with Crippen LogP contribution in [0, 0.1) is 0 Å². The van der Waals surface area contributed by atoms with E-state index in [9.17, 15) is 26.4 Å². The summed E-state index contributed by atoms with van der Waals surface area (Å²) in [6.45, 7) is 1.31. The Morgan fingerprint density at radius 1 is 1.44 bits per heavy atom. The molecule has 5 nitrogen and oxygen atoms in total. The maximum absolute atomic E-state index is 11.8. The van der Waals surface area contributed by atoms with Crippen LogP contribution in [0.4, 0.5) is 13.2 Å². The fourth-order valence-electron chi connectivity index (χ4n) is 0.596. The van der Waals surface area contributed by atoms with Gasteiger partial charge in [-0.25, -0.2) is 4.79 Å². The highest BCUT2D eigenvalue weighted by atomic mass is 32.2. The Morgan fingerprint density at radius 3 is 2.31 bits per heavy atom. The molecule has 0 aromatic heterocycles. The van der Waals surface area contributed by atoms with Crippen molar-refractivity contribution in [1.82, 2.24) is 0 Å². The number of alkyl halides is 3. The van der Waals surface area contributed by atoms with Crippen molar-refractivity contribution >= 4 is 16.1 Å². The largest absolute Gasteiger partial charge is 0.534 e. The Bertz CT molecular complexity index is 385. The van der Waals surface area contributed by atoms with Gasteiger partial charge >= 0.3 is 21.6 Å². The summed E-state index contributed by atoms with van der Waals surface area (Å²) in [5, 5.41) is 0. The van der Waals surface area contributed by atoms with E-state index in [0.717, 1.165) is 6.92 Å². The standard InChI is InChI=1S/C7H10F3NO4S/c1-5(3-2-4-11)6(12)15-16(13,14)7(8,9)10/h3H,2,4,11H2,1H3. The zero-order valence-corrected chi connectivity index (χ0v) is 9.06. The first kappa shape index (κ1) is 14.9. The fourth-order valence-corrected chi connectivity index (χ4v) is 1.02. The topological polar surface area (TPSA) is 86.5 Å². The van der Waals surface area contributed by atoms with Crippen LogP contribution in [-0.2, 0) is 19.1 Å². The van der Waals surface area contributed by atoms with E-state index in [1.807, 2.05) is 0 Å². The molecular weight excluding hydrogens is 251 g/mol. The van der Waals surface area contributed by atoms with Gasteiger partial charge in [0.15, 0.2) is 0 Å². The van der Waals surface area contributed by atoms with Crippen molar-refractivity contribution < 1.29 is 30.6 Å². The summed E-state index contributed by atoms with van der Waals surface area (Å²) in [5.41, 5.74) is -0.787. The molecule has 0 radical (unpaired) electrons. The van der Waals surface area contributed by atoms with Crippen LogP contribution in [0.25, 0.3) is 0 Å². The summed E-state index contributed by atoms with van der Waals surface area (Å²) < 4.78 is 59.6. The number of rotatable bonds is 4. The molecule has 0 rings (SSSR count). The van der Waals surface area contributed by atoms with E-state index < -0.39 is 21.6 Å². The van der Waals surface area contributed by atoms with Gasteiger partial charge in [-0.2, -0.15) is 21.6 Å². The number of hydrogen-bond acceptors (Lipinski definition) is 5. The van der Waals surface area contributed by atoms with Gasteiger partial charge in [0, 0.05) is 5.57 Å². The SMILES string of the molecule is CC(=CCCN)C(=O)OS(=O)(=O)C(F)(F)F. The molecule has 0 aliphatic carbocycles. The minimum atomic E-state index is -5.89. The molecule has 16 heavy (non-hydrogen) atoms. The van der Waals surface area contributed by atoms with Gasteiger partial charge < -0.3 is 9.92 Å². The van der Waals surface area contributed by atoms with Crippen LogP contribution in [-0.4, -0.2) is 26.4 Å². The lowest BCUT2D eigenvalue weighted by Crippen LogP contribution is -2.28. The van der Waals surface area contributed by atoms with Crippen molar-refractivity contribution in [3.05, 3.63) is 11.6 Å². The Hall–Kier alpha value is -1.09. The van der Waals surface area contributed by atoms with Crippen LogP contribution in [0.3, 0.4) is 0 Å². The van der Waals surface area contributed by atoms with E-state index in [0.29, 0.717) is 0 Å². The Balaban J connectivity index is 4.72. The lowest BCUT2D eigenvalue weighted by molar-refractivity contribution is -0.132. The maximum Gasteiger partial charge on any atom is 0.534 e. The molecule has 9 heteroatoms. The van der Waals surface area contributed by atoms with Crippen molar-refractivity contribution in [1.29, 1.82) is 0 Å². The molecule has 94 valence electrons. The van der Waals surface area contributed by atoms with Crippen molar-refractivity contribution in [2.24, 2.45) is 5.73 Å². The molecule has 0 aromatic rings. The van der Waals surface area contributed by atoms with Crippen LogP contribution in [0.15, 0.2) is 11.6 Å². The van der Waals surface area contributed by atoms with Crippen LogP contribution in [0.1, 0.15) is 13.3 Å². The van der Waals surface area contributed by atoms with Gasteiger partial charge in [-0.05, 0) is 19.9 Å². The molecular formula is C7H10F3NO4S.